The molecule has 0 saturated carbocycles. The van der Waals surface area contributed by atoms with Crippen LogP contribution in [0.4, 0.5) is 0 Å². The van der Waals surface area contributed by atoms with E-state index >= 15 is 0 Å². The Balaban J connectivity index is 1.96. The zero-order chi connectivity index (χ0) is 16.9. The molecule has 0 aliphatic carbocycles. The van der Waals surface area contributed by atoms with Crippen LogP contribution in [0.25, 0.3) is 0 Å². The second kappa shape index (κ2) is 8.06. The molecule has 1 N–H and O–H groups in total. The van der Waals surface area contributed by atoms with Crippen molar-refractivity contribution in [2.45, 2.75) is 38.8 Å². The Hall–Kier alpha value is -1.21. The maximum Gasteiger partial charge on any atom is 0.243 e. The van der Waals surface area contributed by atoms with E-state index in [1.54, 1.807) is 23.5 Å². The van der Waals surface area contributed by atoms with Gasteiger partial charge in [0.2, 0.25) is 10.0 Å². The van der Waals surface area contributed by atoms with Crippen LogP contribution in [0.2, 0.25) is 0 Å². The number of hydrogen-bond acceptors (Lipinski definition) is 4. The smallest absolute Gasteiger partial charge is 0.243 e. The summed E-state index contributed by atoms with van der Waals surface area (Å²) in [5.74, 6) is 0. The van der Waals surface area contributed by atoms with Gasteiger partial charge in [0.25, 0.3) is 0 Å². The molecule has 1 aromatic heterocycles. The highest BCUT2D eigenvalue weighted by Gasteiger charge is 2.20. The van der Waals surface area contributed by atoms with Crippen molar-refractivity contribution in [3.05, 3.63) is 51.7 Å². The highest BCUT2D eigenvalue weighted by molar-refractivity contribution is 7.89. The van der Waals surface area contributed by atoms with Crippen molar-refractivity contribution in [2.75, 3.05) is 13.1 Å². The van der Waals surface area contributed by atoms with Crippen LogP contribution in [0.3, 0.4) is 0 Å². The molecule has 2 rings (SSSR count). The number of aryl methyl sites for hydroxylation is 1. The van der Waals surface area contributed by atoms with Crippen LogP contribution in [-0.2, 0) is 23.1 Å². The third-order valence-electron chi connectivity index (χ3n) is 3.69. The standard InChI is InChI=1S/C17H24N2O2S2/c1-4-19(5-2)23(20,21)17-10-7-15(8-11-17)12-18-13-16-9-6-14(3)22-16/h6-11,18H,4-5,12-13H2,1-3H3. The fraction of sp³-hybridized carbons (Fsp3) is 0.412. The predicted octanol–water partition coefficient (Wildman–Crippen LogP) is 3.38. The lowest BCUT2D eigenvalue weighted by atomic mass is 10.2. The van der Waals surface area contributed by atoms with E-state index in [-0.39, 0.29) is 0 Å². The molecule has 0 unspecified atom stereocenters. The third-order valence-corrected chi connectivity index (χ3v) is 6.76. The van der Waals surface area contributed by atoms with Gasteiger partial charge in [0, 0.05) is 35.9 Å². The molecule has 23 heavy (non-hydrogen) atoms. The van der Waals surface area contributed by atoms with Gasteiger partial charge < -0.3 is 5.32 Å². The second-order valence-electron chi connectivity index (χ2n) is 5.35. The highest BCUT2D eigenvalue weighted by Crippen LogP contribution is 2.17. The summed E-state index contributed by atoms with van der Waals surface area (Å²) in [7, 11) is -3.36. The summed E-state index contributed by atoms with van der Waals surface area (Å²) >= 11 is 1.79. The van der Waals surface area contributed by atoms with Crippen LogP contribution >= 0.6 is 11.3 Å². The second-order valence-corrected chi connectivity index (χ2v) is 8.66. The maximum atomic E-state index is 12.4. The lowest BCUT2D eigenvalue weighted by Gasteiger charge is -2.18. The fourth-order valence-electron chi connectivity index (χ4n) is 2.40. The number of thiophene rings is 1. The number of nitrogens with zero attached hydrogens (tertiary/aromatic N) is 1. The van der Waals surface area contributed by atoms with Gasteiger partial charge in [-0.2, -0.15) is 4.31 Å². The summed E-state index contributed by atoms with van der Waals surface area (Å²) in [5.41, 5.74) is 1.08. The Morgan fingerprint density at radius 2 is 1.65 bits per heavy atom. The van der Waals surface area contributed by atoms with E-state index in [1.165, 1.54) is 14.1 Å². The Labute approximate surface area is 143 Å². The molecule has 0 amide bonds. The molecule has 2 aromatic rings. The van der Waals surface area contributed by atoms with E-state index in [4.69, 9.17) is 0 Å². The van der Waals surface area contributed by atoms with Crippen molar-refractivity contribution in [2.24, 2.45) is 0 Å². The number of nitrogens with one attached hydrogen (secondary N) is 1. The van der Waals surface area contributed by atoms with Gasteiger partial charge in [0.05, 0.1) is 4.90 Å². The van der Waals surface area contributed by atoms with Gasteiger partial charge in [-0.3, -0.25) is 0 Å². The van der Waals surface area contributed by atoms with Crippen LogP contribution in [-0.4, -0.2) is 25.8 Å². The first-order valence-electron chi connectivity index (χ1n) is 7.82. The first-order valence-corrected chi connectivity index (χ1v) is 10.1. The number of benzene rings is 1. The first-order chi connectivity index (χ1) is 11.0. The molecule has 126 valence electrons. The molecule has 0 aliphatic heterocycles. The van der Waals surface area contributed by atoms with Crippen LogP contribution in [0, 0.1) is 6.92 Å². The Kier molecular flexibility index (Phi) is 6.35. The number of sulfonamides is 1. The molecule has 0 bridgehead atoms. The van der Waals surface area contributed by atoms with Crippen molar-refractivity contribution in [1.82, 2.24) is 9.62 Å². The minimum atomic E-state index is -3.36. The largest absolute Gasteiger partial charge is 0.308 e. The average Bonchev–Trinajstić information content (AvgIpc) is 2.94. The van der Waals surface area contributed by atoms with E-state index in [0.29, 0.717) is 18.0 Å². The molecule has 1 heterocycles. The van der Waals surface area contributed by atoms with Gasteiger partial charge >= 0.3 is 0 Å². The summed E-state index contributed by atoms with van der Waals surface area (Å²) in [6, 6.07) is 11.4. The van der Waals surface area contributed by atoms with Gasteiger partial charge in [-0.25, -0.2) is 8.42 Å². The number of hydrogen-bond donors (Lipinski definition) is 1. The summed E-state index contributed by atoms with van der Waals surface area (Å²) in [5, 5.41) is 3.39. The van der Waals surface area contributed by atoms with Crippen LogP contribution in [0.1, 0.15) is 29.2 Å². The first kappa shape index (κ1) is 18.1. The molecule has 4 nitrogen and oxygen atoms in total. The average molecular weight is 353 g/mol. The van der Waals surface area contributed by atoms with Crippen molar-refractivity contribution in [3.63, 3.8) is 0 Å². The third kappa shape index (κ3) is 4.64. The molecule has 0 atom stereocenters. The van der Waals surface area contributed by atoms with E-state index in [9.17, 15) is 8.42 Å². The Morgan fingerprint density at radius 1 is 1.00 bits per heavy atom. The predicted molar refractivity (Wildman–Crippen MR) is 96.1 cm³/mol. The maximum absolute atomic E-state index is 12.4. The highest BCUT2D eigenvalue weighted by atomic mass is 32.2. The lowest BCUT2D eigenvalue weighted by molar-refractivity contribution is 0.445. The van der Waals surface area contributed by atoms with Crippen molar-refractivity contribution in [3.8, 4) is 0 Å². The van der Waals surface area contributed by atoms with Gasteiger partial charge in [0.15, 0.2) is 0 Å². The van der Waals surface area contributed by atoms with Gasteiger partial charge in [-0.05, 0) is 36.8 Å². The normalized spacial score (nSPS) is 12.0. The molecule has 1 aromatic carbocycles. The molecule has 0 radical (unpaired) electrons. The van der Waals surface area contributed by atoms with Gasteiger partial charge in [-0.15, -0.1) is 11.3 Å². The number of rotatable bonds is 8. The zero-order valence-corrected chi connectivity index (χ0v) is 15.5. The quantitative estimate of drug-likeness (QED) is 0.792. The molecule has 0 saturated heterocycles. The SMILES string of the molecule is CCN(CC)S(=O)(=O)c1ccc(CNCc2ccc(C)s2)cc1. The summed E-state index contributed by atoms with van der Waals surface area (Å²) in [6.45, 7) is 8.34. The van der Waals surface area contributed by atoms with Crippen molar-refractivity contribution < 1.29 is 8.42 Å². The Bertz CT molecular complexity index is 717. The lowest BCUT2D eigenvalue weighted by Crippen LogP contribution is -2.30. The van der Waals surface area contributed by atoms with Gasteiger partial charge in [0.1, 0.15) is 0 Å². The van der Waals surface area contributed by atoms with E-state index in [2.05, 4.69) is 24.4 Å². The molecule has 0 fully saturated rings. The van der Waals surface area contributed by atoms with Crippen LogP contribution in [0.5, 0.6) is 0 Å². The van der Waals surface area contributed by atoms with E-state index in [0.717, 1.165) is 18.7 Å². The summed E-state index contributed by atoms with van der Waals surface area (Å²) in [4.78, 5) is 2.98. The van der Waals surface area contributed by atoms with Gasteiger partial charge in [-0.1, -0.05) is 26.0 Å². The monoisotopic (exact) mass is 352 g/mol. The molecule has 0 aliphatic rings. The summed E-state index contributed by atoms with van der Waals surface area (Å²) in [6.07, 6.45) is 0. The van der Waals surface area contributed by atoms with Crippen LogP contribution in [0.15, 0.2) is 41.3 Å². The molecule has 6 heteroatoms. The van der Waals surface area contributed by atoms with E-state index in [1.807, 2.05) is 26.0 Å². The van der Waals surface area contributed by atoms with Crippen molar-refractivity contribution >= 4 is 21.4 Å². The molecular weight excluding hydrogens is 328 g/mol. The van der Waals surface area contributed by atoms with Crippen molar-refractivity contribution in [1.29, 1.82) is 0 Å². The fourth-order valence-corrected chi connectivity index (χ4v) is 4.72. The minimum absolute atomic E-state index is 0.360. The Morgan fingerprint density at radius 3 is 2.17 bits per heavy atom. The topological polar surface area (TPSA) is 49.4 Å². The van der Waals surface area contributed by atoms with E-state index < -0.39 is 10.0 Å². The summed E-state index contributed by atoms with van der Waals surface area (Å²) < 4.78 is 26.3. The molecular formula is C17H24N2O2S2. The molecule has 0 spiro atoms. The van der Waals surface area contributed by atoms with Crippen LogP contribution < -0.4 is 5.32 Å². The zero-order valence-electron chi connectivity index (χ0n) is 13.9. The minimum Gasteiger partial charge on any atom is -0.308 e.